The van der Waals surface area contributed by atoms with Gasteiger partial charge in [-0.3, -0.25) is 4.79 Å². The van der Waals surface area contributed by atoms with Crippen LogP contribution in [0.2, 0.25) is 5.02 Å². The summed E-state index contributed by atoms with van der Waals surface area (Å²) in [4.78, 5) is 12.6. The molecule has 10 heteroatoms. The molecule has 2 aromatic carbocycles. The third-order valence-corrected chi connectivity index (χ3v) is 6.69. The van der Waals surface area contributed by atoms with E-state index in [9.17, 15) is 18.3 Å². The molecule has 2 N–H and O–H groups in total. The molecule has 1 amide bonds. The highest BCUT2D eigenvalue weighted by Crippen LogP contribution is 2.27. The molecule has 1 fully saturated rings. The van der Waals surface area contributed by atoms with Gasteiger partial charge in [-0.15, -0.1) is 0 Å². The topological polar surface area (TPSA) is 108 Å². The van der Waals surface area contributed by atoms with Gasteiger partial charge in [0.25, 0.3) is 5.91 Å². The minimum atomic E-state index is -3.82. The van der Waals surface area contributed by atoms with Crippen molar-refractivity contribution >= 4 is 33.7 Å². The van der Waals surface area contributed by atoms with Crippen LogP contribution in [-0.4, -0.2) is 49.6 Å². The number of hydrogen-bond donors (Lipinski definition) is 2. The van der Waals surface area contributed by atoms with E-state index in [1.807, 2.05) is 0 Å². The summed E-state index contributed by atoms with van der Waals surface area (Å²) in [6.45, 7) is 0.252. The molecule has 2 aromatic rings. The van der Waals surface area contributed by atoms with Crippen molar-refractivity contribution in [2.24, 2.45) is 5.10 Å². The van der Waals surface area contributed by atoms with E-state index >= 15 is 0 Å². The summed E-state index contributed by atoms with van der Waals surface area (Å²) in [6.07, 6.45) is 2.36. The Hall–Kier alpha value is -2.62. The zero-order valence-electron chi connectivity index (χ0n) is 15.6. The lowest BCUT2D eigenvalue weighted by Crippen LogP contribution is -2.44. The zero-order valence-corrected chi connectivity index (χ0v) is 17.2. The first-order valence-corrected chi connectivity index (χ1v) is 10.6. The van der Waals surface area contributed by atoms with Crippen LogP contribution in [0.25, 0.3) is 0 Å². The van der Waals surface area contributed by atoms with Crippen molar-refractivity contribution in [1.29, 1.82) is 0 Å². The second-order valence-corrected chi connectivity index (χ2v) is 8.72. The highest BCUT2D eigenvalue weighted by Gasteiger charge is 2.39. The maximum absolute atomic E-state index is 12.9. The Bertz CT molecular complexity index is 1020. The van der Waals surface area contributed by atoms with Crippen LogP contribution in [0.15, 0.2) is 52.5 Å². The van der Waals surface area contributed by atoms with Gasteiger partial charge in [-0.2, -0.15) is 9.41 Å². The highest BCUT2D eigenvalue weighted by atomic mass is 35.5. The van der Waals surface area contributed by atoms with Crippen LogP contribution in [0.1, 0.15) is 18.4 Å². The Kier molecular flexibility index (Phi) is 6.41. The fourth-order valence-electron chi connectivity index (χ4n) is 3.05. The number of nitrogens with one attached hydrogen (secondary N) is 1. The second-order valence-electron chi connectivity index (χ2n) is 6.39. The molecule has 1 atom stereocenters. The lowest BCUT2D eigenvalue weighted by molar-refractivity contribution is -0.124. The highest BCUT2D eigenvalue weighted by molar-refractivity contribution is 7.89. The van der Waals surface area contributed by atoms with Crippen LogP contribution >= 0.6 is 11.6 Å². The molecule has 8 nitrogen and oxygen atoms in total. The number of halogens is 1. The van der Waals surface area contributed by atoms with Crippen LogP contribution in [0, 0.1) is 0 Å². The molecule has 29 heavy (non-hydrogen) atoms. The standard InChI is InChI=1S/C19H20ClN3O5S/c1-28-18-11-13(4-9-17(18)24)12-21-22-19(25)16-3-2-10-23(16)29(26,27)15-7-5-14(20)6-8-15/h4-9,11-12,16,24H,2-3,10H2,1H3,(H,22,25)/b21-12-/t16-/m1/s1. The summed E-state index contributed by atoms with van der Waals surface area (Å²) in [7, 11) is -2.40. The van der Waals surface area contributed by atoms with Gasteiger partial charge >= 0.3 is 0 Å². The van der Waals surface area contributed by atoms with E-state index in [2.05, 4.69) is 10.5 Å². The molecular weight excluding hydrogens is 418 g/mol. The van der Waals surface area contributed by atoms with E-state index in [4.69, 9.17) is 16.3 Å². The first-order valence-electron chi connectivity index (χ1n) is 8.80. The van der Waals surface area contributed by atoms with Crippen molar-refractivity contribution in [3.8, 4) is 11.5 Å². The lowest BCUT2D eigenvalue weighted by Gasteiger charge is -2.22. The van der Waals surface area contributed by atoms with Gasteiger partial charge in [-0.1, -0.05) is 11.6 Å². The molecule has 1 saturated heterocycles. The van der Waals surface area contributed by atoms with E-state index in [-0.39, 0.29) is 22.9 Å². The number of amides is 1. The van der Waals surface area contributed by atoms with Crippen molar-refractivity contribution in [2.75, 3.05) is 13.7 Å². The number of methoxy groups -OCH3 is 1. The number of aromatic hydroxyl groups is 1. The fourth-order valence-corrected chi connectivity index (χ4v) is 4.83. The quantitative estimate of drug-likeness (QED) is 0.532. The van der Waals surface area contributed by atoms with Gasteiger partial charge in [-0.25, -0.2) is 13.8 Å². The summed E-state index contributed by atoms with van der Waals surface area (Å²) in [6, 6.07) is 9.58. The number of benzene rings is 2. The molecule has 3 rings (SSSR count). The Balaban J connectivity index is 1.71. The van der Waals surface area contributed by atoms with Gasteiger partial charge in [0.2, 0.25) is 10.0 Å². The molecule has 1 aliphatic rings. The van der Waals surface area contributed by atoms with Crippen molar-refractivity contribution in [2.45, 2.75) is 23.8 Å². The third kappa shape index (κ3) is 4.69. The Labute approximate surface area is 173 Å². The average molecular weight is 438 g/mol. The molecule has 0 radical (unpaired) electrons. The molecule has 0 unspecified atom stereocenters. The number of phenolic OH excluding ortho intramolecular Hbond substituents is 1. The van der Waals surface area contributed by atoms with Gasteiger partial charge in [0, 0.05) is 11.6 Å². The molecule has 1 heterocycles. The van der Waals surface area contributed by atoms with Crippen LogP contribution < -0.4 is 10.2 Å². The number of phenols is 1. The zero-order chi connectivity index (χ0) is 21.0. The molecule has 1 aliphatic heterocycles. The Morgan fingerprint density at radius 1 is 1.31 bits per heavy atom. The lowest BCUT2D eigenvalue weighted by atomic mass is 10.2. The van der Waals surface area contributed by atoms with Gasteiger partial charge < -0.3 is 9.84 Å². The first-order chi connectivity index (χ1) is 13.8. The molecular formula is C19H20ClN3O5S. The average Bonchev–Trinajstić information content (AvgIpc) is 3.20. The summed E-state index contributed by atoms with van der Waals surface area (Å²) in [5, 5.41) is 13.9. The number of carbonyl (C=O) groups is 1. The van der Waals surface area contributed by atoms with E-state index in [0.29, 0.717) is 23.4 Å². The predicted molar refractivity (Wildman–Crippen MR) is 109 cm³/mol. The maximum atomic E-state index is 12.9. The number of hydrazone groups is 1. The fraction of sp³-hybridized carbons (Fsp3) is 0.263. The van der Waals surface area contributed by atoms with Gasteiger partial charge in [0.15, 0.2) is 11.5 Å². The molecule has 0 aliphatic carbocycles. The van der Waals surface area contributed by atoms with Gasteiger partial charge in [-0.05, 0) is 60.9 Å². The van der Waals surface area contributed by atoms with Crippen molar-refractivity contribution in [3.05, 3.63) is 53.1 Å². The maximum Gasteiger partial charge on any atom is 0.258 e. The molecule has 0 spiro atoms. The van der Waals surface area contributed by atoms with Crippen LogP contribution in [0.3, 0.4) is 0 Å². The Morgan fingerprint density at radius 2 is 2.03 bits per heavy atom. The number of carbonyl (C=O) groups excluding carboxylic acids is 1. The van der Waals surface area contributed by atoms with Crippen molar-refractivity contribution in [1.82, 2.24) is 9.73 Å². The van der Waals surface area contributed by atoms with Gasteiger partial charge in [0.05, 0.1) is 18.2 Å². The largest absolute Gasteiger partial charge is 0.504 e. The molecule has 0 saturated carbocycles. The number of ether oxygens (including phenoxy) is 1. The minimum Gasteiger partial charge on any atom is -0.504 e. The minimum absolute atomic E-state index is 0.0114. The monoisotopic (exact) mass is 437 g/mol. The molecule has 0 aromatic heterocycles. The SMILES string of the molecule is COc1cc(/C=N\NC(=O)[C@H]2CCCN2S(=O)(=O)c2ccc(Cl)cc2)ccc1O. The van der Waals surface area contributed by atoms with Crippen LogP contribution in [-0.2, 0) is 14.8 Å². The van der Waals surface area contributed by atoms with Gasteiger partial charge in [0.1, 0.15) is 6.04 Å². The Morgan fingerprint density at radius 3 is 2.72 bits per heavy atom. The van der Waals surface area contributed by atoms with Crippen molar-refractivity contribution < 1.29 is 23.1 Å². The van der Waals surface area contributed by atoms with E-state index in [1.165, 1.54) is 48.0 Å². The summed E-state index contributed by atoms with van der Waals surface area (Å²) in [5.41, 5.74) is 2.98. The number of rotatable bonds is 6. The number of nitrogens with zero attached hydrogens (tertiary/aromatic N) is 2. The van der Waals surface area contributed by atoms with Crippen molar-refractivity contribution in [3.63, 3.8) is 0 Å². The second kappa shape index (κ2) is 8.81. The first kappa shape index (κ1) is 21.1. The summed E-state index contributed by atoms with van der Waals surface area (Å²) >= 11 is 5.83. The number of hydrogen-bond acceptors (Lipinski definition) is 6. The summed E-state index contributed by atoms with van der Waals surface area (Å²) < 4.78 is 32.0. The van der Waals surface area contributed by atoms with E-state index < -0.39 is 22.0 Å². The van der Waals surface area contributed by atoms with Crippen LogP contribution in [0.5, 0.6) is 11.5 Å². The van der Waals surface area contributed by atoms with E-state index in [0.717, 1.165) is 0 Å². The van der Waals surface area contributed by atoms with Crippen LogP contribution in [0.4, 0.5) is 0 Å². The molecule has 0 bridgehead atoms. The van der Waals surface area contributed by atoms with E-state index in [1.54, 1.807) is 12.1 Å². The number of sulfonamides is 1. The summed E-state index contributed by atoms with van der Waals surface area (Å²) in [5.74, 6) is -0.249. The molecule has 154 valence electrons. The smallest absolute Gasteiger partial charge is 0.258 e. The third-order valence-electron chi connectivity index (χ3n) is 4.52. The predicted octanol–water partition coefficient (Wildman–Crippen LogP) is 2.36. The normalized spacial score (nSPS) is 17.5.